The Morgan fingerprint density at radius 2 is 2.20 bits per heavy atom. The Morgan fingerprint density at radius 3 is 2.30 bits per heavy atom. The van der Waals surface area contributed by atoms with Gasteiger partial charge >= 0.3 is 5.97 Å². The molecule has 1 rings (SSSR count). The van der Waals surface area contributed by atoms with E-state index in [-0.39, 0.29) is 5.41 Å². The van der Waals surface area contributed by atoms with Gasteiger partial charge in [-0.1, -0.05) is 19.8 Å². The van der Waals surface area contributed by atoms with Crippen molar-refractivity contribution in [2.45, 2.75) is 39.0 Å². The fraction of sp³-hybridized carbons (Fsp3) is 0.875. The van der Waals surface area contributed by atoms with Crippen molar-refractivity contribution >= 4 is 5.97 Å². The average molecular weight is 142 g/mol. The molecular weight excluding hydrogens is 128 g/mol. The second-order valence-corrected chi connectivity index (χ2v) is 3.19. The molecule has 0 radical (unpaired) electrons. The molecule has 1 fully saturated rings. The highest BCUT2D eigenvalue weighted by molar-refractivity contribution is 5.75. The van der Waals surface area contributed by atoms with Crippen LogP contribution in [0.15, 0.2) is 0 Å². The van der Waals surface area contributed by atoms with Crippen molar-refractivity contribution in [2.75, 3.05) is 0 Å². The van der Waals surface area contributed by atoms with E-state index < -0.39 is 5.97 Å². The largest absolute Gasteiger partial charge is 0.481 e. The molecule has 0 aromatic heterocycles. The Labute approximate surface area is 61.2 Å². The molecule has 0 amide bonds. The van der Waals surface area contributed by atoms with Gasteiger partial charge in [-0.25, -0.2) is 0 Å². The first-order valence-corrected chi connectivity index (χ1v) is 3.95. The van der Waals surface area contributed by atoms with Crippen LogP contribution in [0.25, 0.3) is 0 Å². The van der Waals surface area contributed by atoms with Crippen molar-refractivity contribution in [2.24, 2.45) is 5.41 Å². The zero-order chi connectivity index (χ0) is 7.61. The number of hydrogen-bond acceptors (Lipinski definition) is 1. The Bertz CT molecular complexity index is 136. The lowest BCUT2D eigenvalue weighted by Gasteiger charge is -2.37. The lowest BCUT2D eigenvalue weighted by Crippen LogP contribution is -2.37. The third kappa shape index (κ3) is 1.02. The molecule has 1 aliphatic carbocycles. The summed E-state index contributed by atoms with van der Waals surface area (Å²) < 4.78 is 0. The first-order chi connectivity index (χ1) is 4.71. The molecule has 1 N–H and O–H groups in total. The van der Waals surface area contributed by atoms with Gasteiger partial charge in [0.15, 0.2) is 0 Å². The molecule has 0 aliphatic heterocycles. The monoisotopic (exact) mass is 142 g/mol. The Hall–Kier alpha value is -0.530. The highest BCUT2D eigenvalue weighted by Gasteiger charge is 2.42. The third-order valence-electron chi connectivity index (χ3n) is 2.49. The van der Waals surface area contributed by atoms with Crippen LogP contribution in [-0.2, 0) is 4.79 Å². The van der Waals surface area contributed by atoms with E-state index in [0.29, 0.717) is 0 Å². The van der Waals surface area contributed by atoms with Crippen molar-refractivity contribution in [3.63, 3.8) is 0 Å². The highest BCUT2D eigenvalue weighted by atomic mass is 16.4. The summed E-state index contributed by atoms with van der Waals surface area (Å²) in [5.41, 5.74) is -0.311. The van der Waals surface area contributed by atoms with Crippen LogP contribution in [0.1, 0.15) is 39.0 Å². The maximum absolute atomic E-state index is 10.7. The van der Waals surface area contributed by atoms with E-state index in [1.54, 1.807) is 0 Å². The number of carbonyl (C=O) groups is 1. The van der Waals surface area contributed by atoms with E-state index in [4.69, 9.17) is 5.11 Å². The molecule has 2 nitrogen and oxygen atoms in total. The molecule has 0 unspecified atom stereocenters. The van der Waals surface area contributed by atoms with Crippen molar-refractivity contribution in [1.82, 2.24) is 0 Å². The minimum atomic E-state index is -0.583. The number of rotatable bonds is 3. The van der Waals surface area contributed by atoms with Gasteiger partial charge in [-0.2, -0.15) is 0 Å². The van der Waals surface area contributed by atoms with Crippen molar-refractivity contribution in [1.29, 1.82) is 0 Å². The van der Waals surface area contributed by atoms with E-state index >= 15 is 0 Å². The van der Waals surface area contributed by atoms with Crippen LogP contribution in [0.4, 0.5) is 0 Å². The maximum Gasteiger partial charge on any atom is 0.309 e. The van der Waals surface area contributed by atoms with Gasteiger partial charge in [-0.3, -0.25) is 4.79 Å². The second kappa shape index (κ2) is 2.60. The van der Waals surface area contributed by atoms with Crippen LogP contribution in [0, 0.1) is 5.41 Å². The first-order valence-electron chi connectivity index (χ1n) is 3.95. The topological polar surface area (TPSA) is 37.3 Å². The zero-order valence-corrected chi connectivity index (χ0v) is 6.39. The molecule has 0 atom stereocenters. The van der Waals surface area contributed by atoms with Crippen molar-refractivity contribution in [3.05, 3.63) is 0 Å². The SMILES string of the molecule is CCCC1(C(=O)O)CCC1. The lowest BCUT2D eigenvalue weighted by atomic mass is 9.66. The third-order valence-corrected chi connectivity index (χ3v) is 2.49. The summed E-state index contributed by atoms with van der Waals surface area (Å²) in [7, 11) is 0. The van der Waals surface area contributed by atoms with Gasteiger partial charge in [0.25, 0.3) is 0 Å². The molecule has 0 aromatic rings. The highest BCUT2D eigenvalue weighted by Crippen LogP contribution is 2.44. The van der Waals surface area contributed by atoms with E-state index in [1.165, 1.54) is 0 Å². The van der Waals surface area contributed by atoms with Gasteiger partial charge in [-0.05, 0) is 19.3 Å². The van der Waals surface area contributed by atoms with E-state index in [0.717, 1.165) is 32.1 Å². The van der Waals surface area contributed by atoms with E-state index in [1.807, 2.05) is 6.92 Å². The number of aliphatic carboxylic acids is 1. The molecule has 0 bridgehead atoms. The molecule has 2 heteroatoms. The summed E-state index contributed by atoms with van der Waals surface area (Å²) in [6.07, 6.45) is 4.76. The molecule has 0 heterocycles. The fourth-order valence-electron chi connectivity index (χ4n) is 1.65. The predicted molar refractivity (Wildman–Crippen MR) is 38.8 cm³/mol. The average Bonchev–Trinajstić information content (AvgIpc) is 1.77. The van der Waals surface area contributed by atoms with Gasteiger partial charge in [0.2, 0.25) is 0 Å². The minimum absolute atomic E-state index is 0.311. The Balaban J connectivity index is 2.50. The molecule has 1 aliphatic rings. The van der Waals surface area contributed by atoms with Crippen LogP contribution in [0.5, 0.6) is 0 Å². The summed E-state index contributed by atoms with van der Waals surface area (Å²) in [4.78, 5) is 10.7. The normalized spacial score (nSPS) is 21.7. The minimum Gasteiger partial charge on any atom is -0.481 e. The van der Waals surface area contributed by atoms with Crippen LogP contribution in [0.2, 0.25) is 0 Å². The second-order valence-electron chi connectivity index (χ2n) is 3.19. The molecule has 0 spiro atoms. The summed E-state index contributed by atoms with van der Waals surface area (Å²) >= 11 is 0. The quantitative estimate of drug-likeness (QED) is 0.654. The summed E-state index contributed by atoms with van der Waals surface area (Å²) in [5, 5.41) is 8.81. The number of carboxylic acid groups (broad SMARTS) is 1. The van der Waals surface area contributed by atoms with E-state index in [9.17, 15) is 4.79 Å². The lowest BCUT2D eigenvalue weighted by molar-refractivity contribution is -0.155. The molecule has 58 valence electrons. The number of carboxylic acids is 1. The van der Waals surface area contributed by atoms with Crippen LogP contribution in [0.3, 0.4) is 0 Å². The van der Waals surface area contributed by atoms with E-state index in [2.05, 4.69) is 0 Å². The maximum atomic E-state index is 10.7. The van der Waals surface area contributed by atoms with Crippen LogP contribution < -0.4 is 0 Å². The van der Waals surface area contributed by atoms with Gasteiger partial charge in [0.05, 0.1) is 5.41 Å². The summed E-state index contributed by atoms with van der Waals surface area (Å²) in [6, 6.07) is 0. The van der Waals surface area contributed by atoms with Crippen LogP contribution in [-0.4, -0.2) is 11.1 Å². The molecule has 0 aromatic carbocycles. The fourth-order valence-corrected chi connectivity index (χ4v) is 1.65. The van der Waals surface area contributed by atoms with Gasteiger partial charge in [-0.15, -0.1) is 0 Å². The van der Waals surface area contributed by atoms with Gasteiger partial charge < -0.3 is 5.11 Å². The molecular formula is C8H14O2. The summed E-state index contributed by atoms with van der Waals surface area (Å²) in [6.45, 7) is 2.04. The Morgan fingerprint density at radius 1 is 1.60 bits per heavy atom. The predicted octanol–water partition coefficient (Wildman–Crippen LogP) is 2.04. The smallest absolute Gasteiger partial charge is 0.309 e. The molecule has 10 heavy (non-hydrogen) atoms. The molecule has 0 saturated heterocycles. The first kappa shape index (κ1) is 7.58. The van der Waals surface area contributed by atoms with Crippen molar-refractivity contribution < 1.29 is 9.90 Å². The van der Waals surface area contributed by atoms with Crippen molar-refractivity contribution in [3.8, 4) is 0 Å². The Kier molecular flexibility index (Phi) is 1.97. The standard InChI is InChI=1S/C8H14O2/c1-2-4-8(7(9)10)5-3-6-8/h2-6H2,1H3,(H,9,10). The van der Waals surface area contributed by atoms with Gasteiger partial charge in [0.1, 0.15) is 0 Å². The number of hydrogen-bond donors (Lipinski definition) is 1. The van der Waals surface area contributed by atoms with Crippen LogP contribution >= 0.6 is 0 Å². The van der Waals surface area contributed by atoms with Gasteiger partial charge in [0, 0.05) is 0 Å². The molecule has 1 saturated carbocycles. The zero-order valence-electron chi connectivity index (χ0n) is 6.39. The summed E-state index contributed by atoms with van der Waals surface area (Å²) in [5.74, 6) is -0.583.